The van der Waals surface area contributed by atoms with Crippen LogP contribution in [-0.4, -0.2) is 49.2 Å². The van der Waals surface area contributed by atoms with Gasteiger partial charge in [0.25, 0.3) is 0 Å². The summed E-state index contributed by atoms with van der Waals surface area (Å²) in [6, 6.07) is 6.93. The minimum absolute atomic E-state index is 0.182. The van der Waals surface area contributed by atoms with Gasteiger partial charge in [0.05, 0.1) is 5.56 Å². The van der Waals surface area contributed by atoms with Gasteiger partial charge >= 0.3 is 0 Å². The zero-order valence-electron chi connectivity index (χ0n) is 12.6. The molecule has 2 heterocycles. The topological polar surface area (TPSA) is 56.4 Å². The van der Waals surface area contributed by atoms with E-state index in [1.54, 1.807) is 11.8 Å². The Morgan fingerprint density at radius 3 is 2.90 bits per heavy atom. The highest BCUT2D eigenvalue weighted by molar-refractivity contribution is 7.98. The molecule has 3 rings (SSSR count). The van der Waals surface area contributed by atoms with E-state index >= 15 is 0 Å². The maximum absolute atomic E-state index is 7.95. The number of nitrogens with two attached hydrogens (primary N) is 1. The van der Waals surface area contributed by atoms with Crippen LogP contribution in [-0.2, 0) is 0 Å². The van der Waals surface area contributed by atoms with E-state index in [0.29, 0.717) is 6.04 Å². The Kier molecular flexibility index (Phi) is 4.40. The summed E-state index contributed by atoms with van der Waals surface area (Å²) in [5.41, 5.74) is 7.91. The largest absolute Gasteiger partial charge is 0.384 e. The highest BCUT2D eigenvalue weighted by Gasteiger charge is 2.30. The van der Waals surface area contributed by atoms with Crippen LogP contribution in [0.25, 0.3) is 0 Å². The van der Waals surface area contributed by atoms with Crippen LogP contribution in [0.5, 0.6) is 0 Å². The third-order valence-electron chi connectivity index (χ3n) is 4.67. The molecule has 114 valence electrons. The minimum Gasteiger partial charge on any atom is -0.384 e. The van der Waals surface area contributed by atoms with Gasteiger partial charge in [0.2, 0.25) is 0 Å². The molecule has 0 aliphatic carbocycles. The lowest BCUT2D eigenvalue weighted by Crippen LogP contribution is -2.55. The third kappa shape index (κ3) is 2.90. The van der Waals surface area contributed by atoms with Crippen molar-refractivity contribution in [1.29, 1.82) is 5.41 Å². The number of hydrogen-bond acceptors (Lipinski definition) is 4. The molecule has 1 unspecified atom stereocenters. The SMILES string of the molecule is CSc1cccc(N2CCN3CCCCC3C2)c1C(=N)N. The molecule has 2 aliphatic heterocycles. The van der Waals surface area contributed by atoms with Crippen molar-refractivity contribution in [2.75, 3.05) is 37.3 Å². The fourth-order valence-electron chi connectivity index (χ4n) is 3.60. The molecule has 0 amide bonds. The molecule has 1 aromatic rings. The maximum Gasteiger partial charge on any atom is 0.126 e. The summed E-state index contributed by atoms with van der Waals surface area (Å²) in [7, 11) is 0. The second-order valence-electron chi connectivity index (χ2n) is 5.90. The standard InChI is InChI=1S/C16H24N4S/c1-21-14-7-4-6-13(15(14)16(17)18)20-10-9-19-8-3-2-5-12(19)11-20/h4,6-7,12H,2-3,5,8-11H2,1H3,(H3,17,18). The van der Waals surface area contributed by atoms with Gasteiger partial charge < -0.3 is 10.6 Å². The lowest BCUT2D eigenvalue weighted by Gasteiger charge is -2.45. The van der Waals surface area contributed by atoms with Crippen LogP contribution in [0.4, 0.5) is 5.69 Å². The molecular weight excluding hydrogens is 280 g/mol. The Bertz CT molecular complexity index is 531. The summed E-state index contributed by atoms with van der Waals surface area (Å²) in [5, 5.41) is 7.95. The number of thioether (sulfide) groups is 1. The van der Waals surface area contributed by atoms with E-state index in [1.165, 1.54) is 25.8 Å². The van der Waals surface area contributed by atoms with Crippen LogP contribution in [0.2, 0.25) is 0 Å². The second kappa shape index (κ2) is 6.28. The van der Waals surface area contributed by atoms with Crippen LogP contribution >= 0.6 is 11.8 Å². The number of piperazine rings is 1. The van der Waals surface area contributed by atoms with Crippen molar-refractivity contribution in [3.8, 4) is 0 Å². The van der Waals surface area contributed by atoms with E-state index in [4.69, 9.17) is 11.1 Å². The van der Waals surface area contributed by atoms with Gasteiger partial charge in [-0.05, 0) is 37.8 Å². The summed E-state index contributed by atoms with van der Waals surface area (Å²) in [4.78, 5) is 6.17. The van der Waals surface area contributed by atoms with Crippen molar-refractivity contribution in [1.82, 2.24) is 4.90 Å². The molecule has 3 N–H and O–H groups in total. The number of nitrogens with zero attached hydrogens (tertiary/aromatic N) is 2. The zero-order valence-corrected chi connectivity index (χ0v) is 13.5. The number of nitrogens with one attached hydrogen (secondary N) is 1. The Labute approximate surface area is 131 Å². The number of benzene rings is 1. The van der Waals surface area contributed by atoms with Crippen LogP contribution in [0.1, 0.15) is 24.8 Å². The highest BCUT2D eigenvalue weighted by Crippen LogP contribution is 2.32. The van der Waals surface area contributed by atoms with Crippen molar-refractivity contribution in [3.05, 3.63) is 23.8 Å². The normalized spacial score (nSPS) is 22.9. The molecule has 2 saturated heterocycles. The van der Waals surface area contributed by atoms with Gasteiger partial charge in [-0.3, -0.25) is 10.3 Å². The molecule has 5 heteroatoms. The van der Waals surface area contributed by atoms with E-state index in [2.05, 4.69) is 28.0 Å². The number of fused-ring (bicyclic) bond motifs is 1. The van der Waals surface area contributed by atoms with E-state index in [0.717, 1.165) is 35.8 Å². The molecule has 2 aliphatic rings. The molecule has 4 nitrogen and oxygen atoms in total. The fraction of sp³-hybridized carbons (Fsp3) is 0.562. The van der Waals surface area contributed by atoms with Crippen molar-refractivity contribution >= 4 is 23.3 Å². The fourth-order valence-corrected chi connectivity index (χ4v) is 4.23. The number of rotatable bonds is 3. The second-order valence-corrected chi connectivity index (χ2v) is 6.75. The van der Waals surface area contributed by atoms with Crippen molar-refractivity contribution < 1.29 is 0 Å². The Morgan fingerprint density at radius 1 is 1.29 bits per heavy atom. The van der Waals surface area contributed by atoms with Gasteiger partial charge in [-0.15, -0.1) is 11.8 Å². The molecule has 1 aromatic carbocycles. The van der Waals surface area contributed by atoms with Crippen molar-refractivity contribution in [3.63, 3.8) is 0 Å². The first kappa shape index (κ1) is 14.7. The van der Waals surface area contributed by atoms with Gasteiger partial charge in [-0.1, -0.05) is 12.5 Å². The van der Waals surface area contributed by atoms with E-state index in [1.807, 2.05) is 6.26 Å². The summed E-state index contributed by atoms with van der Waals surface area (Å²) >= 11 is 1.67. The predicted octanol–water partition coefficient (Wildman–Crippen LogP) is 2.37. The summed E-state index contributed by atoms with van der Waals surface area (Å²) in [5.74, 6) is 0.182. The van der Waals surface area contributed by atoms with Gasteiger partial charge in [0.1, 0.15) is 5.84 Å². The Morgan fingerprint density at radius 2 is 2.14 bits per heavy atom. The molecule has 0 bridgehead atoms. The Hall–Kier alpha value is -1.20. The number of nitrogen functional groups attached to an aromatic ring is 1. The van der Waals surface area contributed by atoms with Crippen molar-refractivity contribution in [2.45, 2.75) is 30.2 Å². The summed E-state index contributed by atoms with van der Waals surface area (Å²) < 4.78 is 0. The first-order valence-corrected chi connectivity index (χ1v) is 8.93. The summed E-state index contributed by atoms with van der Waals surface area (Å²) in [6.45, 7) is 4.49. The zero-order chi connectivity index (χ0) is 14.8. The highest BCUT2D eigenvalue weighted by atomic mass is 32.2. The molecule has 0 radical (unpaired) electrons. The third-order valence-corrected chi connectivity index (χ3v) is 5.45. The molecule has 21 heavy (non-hydrogen) atoms. The number of piperidine rings is 1. The lowest BCUT2D eigenvalue weighted by molar-refractivity contribution is 0.133. The lowest BCUT2D eigenvalue weighted by atomic mass is 9.98. The first-order valence-electron chi connectivity index (χ1n) is 7.71. The van der Waals surface area contributed by atoms with E-state index in [-0.39, 0.29) is 5.84 Å². The average molecular weight is 304 g/mol. The maximum atomic E-state index is 7.95. The van der Waals surface area contributed by atoms with E-state index in [9.17, 15) is 0 Å². The van der Waals surface area contributed by atoms with E-state index < -0.39 is 0 Å². The smallest absolute Gasteiger partial charge is 0.126 e. The average Bonchev–Trinajstić information content (AvgIpc) is 2.53. The minimum atomic E-state index is 0.182. The predicted molar refractivity (Wildman–Crippen MR) is 90.7 cm³/mol. The van der Waals surface area contributed by atoms with Gasteiger partial charge in [-0.25, -0.2) is 0 Å². The molecule has 0 saturated carbocycles. The molecule has 0 spiro atoms. The van der Waals surface area contributed by atoms with Crippen LogP contribution in [0.15, 0.2) is 23.1 Å². The number of anilines is 1. The van der Waals surface area contributed by atoms with Crippen LogP contribution < -0.4 is 10.6 Å². The quantitative estimate of drug-likeness (QED) is 0.511. The summed E-state index contributed by atoms with van der Waals surface area (Å²) in [6.07, 6.45) is 6.04. The van der Waals surface area contributed by atoms with Crippen molar-refractivity contribution in [2.24, 2.45) is 5.73 Å². The molecule has 1 atom stereocenters. The molecule has 0 aromatic heterocycles. The van der Waals surface area contributed by atoms with Gasteiger partial charge in [0, 0.05) is 36.3 Å². The Balaban J connectivity index is 1.88. The van der Waals surface area contributed by atoms with Crippen LogP contribution in [0.3, 0.4) is 0 Å². The molecule has 2 fully saturated rings. The van der Waals surface area contributed by atoms with Gasteiger partial charge in [0.15, 0.2) is 0 Å². The monoisotopic (exact) mass is 304 g/mol. The molecular formula is C16H24N4S. The van der Waals surface area contributed by atoms with Crippen LogP contribution in [0, 0.1) is 5.41 Å². The number of amidine groups is 1. The number of hydrogen-bond donors (Lipinski definition) is 2. The first-order chi connectivity index (χ1) is 10.2. The van der Waals surface area contributed by atoms with Gasteiger partial charge in [-0.2, -0.15) is 0 Å².